The van der Waals surface area contributed by atoms with Crippen molar-refractivity contribution in [3.8, 4) is 0 Å². The van der Waals surface area contributed by atoms with Crippen LogP contribution >= 0.6 is 11.8 Å². The van der Waals surface area contributed by atoms with E-state index in [2.05, 4.69) is 0 Å². The number of carboxylic acid groups (broad SMARTS) is 1. The fourth-order valence-electron chi connectivity index (χ4n) is 1.75. The van der Waals surface area contributed by atoms with Gasteiger partial charge in [-0.3, -0.25) is 19.2 Å². The van der Waals surface area contributed by atoms with E-state index in [1.54, 1.807) is 24.3 Å². The second-order valence-electron chi connectivity index (χ2n) is 4.94. The summed E-state index contributed by atoms with van der Waals surface area (Å²) in [5.41, 5.74) is 1.12. The first kappa shape index (κ1) is 18.9. The summed E-state index contributed by atoms with van der Waals surface area (Å²) >= 11 is 0.896. The third-order valence-corrected chi connectivity index (χ3v) is 3.96. The van der Waals surface area contributed by atoms with Gasteiger partial charge >= 0.3 is 11.9 Å². The molecule has 1 N–H and O–H groups in total. The highest BCUT2D eigenvalue weighted by molar-refractivity contribution is 8.13. The molecule has 0 amide bonds. The number of aliphatic carboxylic acids is 1. The Morgan fingerprint density at radius 3 is 2.22 bits per heavy atom. The molecule has 23 heavy (non-hydrogen) atoms. The molecular formula is C16H18O6S. The average Bonchev–Trinajstić information content (AvgIpc) is 2.49. The van der Waals surface area contributed by atoms with Crippen molar-refractivity contribution in [2.24, 2.45) is 5.92 Å². The van der Waals surface area contributed by atoms with Crippen LogP contribution < -0.4 is 0 Å². The SMILES string of the molecule is CC(=O)OCc1ccc(C(=O)CC(CSC(C)=O)C(=O)O)cc1. The first-order valence-corrected chi connectivity index (χ1v) is 7.89. The van der Waals surface area contributed by atoms with Gasteiger partial charge in [-0.15, -0.1) is 0 Å². The van der Waals surface area contributed by atoms with E-state index >= 15 is 0 Å². The van der Waals surface area contributed by atoms with Gasteiger partial charge in [0.25, 0.3) is 0 Å². The zero-order valence-electron chi connectivity index (χ0n) is 12.9. The quantitative estimate of drug-likeness (QED) is 0.573. The summed E-state index contributed by atoms with van der Waals surface area (Å²) in [6, 6.07) is 6.43. The van der Waals surface area contributed by atoms with E-state index in [1.807, 2.05) is 0 Å². The van der Waals surface area contributed by atoms with Crippen molar-refractivity contribution in [1.29, 1.82) is 0 Å². The molecule has 0 fully saturated rings. The van der Waals surface area contributed by atoms with E-state index in [9.17, 15) is 19.2 Å². The molecule has 0 bridgehead atoms. The van der Waals surface area contributed by atoms with E-state index < -0.39 is 17.9 Å². The normalized spacial score (nSPS) is 11.6. The Morgan fingerprint density at radius 1 is 1.13 bits per heavy atom. The van der Waals surface area contributed by atoms with Crippen molar-refractivity contribution in [1.82, 2.24) is 0 Å². The number of benzene rings is 1. The van der Waals surface area contributed by atoms with E-state index in [4.69, 9.17) is 9.84 Å². The van der Waals surface area contributed by atoms with Crippen molar-refractivity contribution in [3.63, 3.8) is 0 Å². The summed E-state index contributed by atoms with van der Waals surface area (Å²) in [7, 11) is 0. The van der Waals surface area contributed by atoms with E-state index in [1.165, 1.54) is 13.8 Å². The van der Waals surface area contributed by atoms with Crippen molar-refractivity contribution in [2.45, 2.75) is 26.9 Å². The Labute approximate surface area is 138 Å². The van der Waals surface area contributed by atoms with Crippen molar-refractivity contribution in [3.05, 3.63) is 35.4 Å². The zero-order chi connectivity index (χ0) is 17.4. The van der Waals surface area contributed by atoms with Gasteiger partial charge in [-0.1, -0.05) is 36.0 Å². The van der Waals surface area contributed by atoms with Crippen LogP contribution in [-0.2, 0) is 25.7 Å². The molecule has 0 radical (unpaired) electrons. The van der Waals surface area contributed by atoms with Crippen LogP contribution in [0.1, 0.15) is 36.2 Å². The molecule has 1 aromatic carbocycles. The summed E-state index contributed by atoms with van der Waals surface area (Å²) < 4.78 is 4.84. The van der Waals surface area contributed by atoms with Crippen LogP contribution in [0, 0.1) is 5.92 Å². The highest BCUT2D eigenvalue weighted by Crippen LogP contribution is 2.17. The molecule has 0 aliphatic carbocycles. The van der Waals surface area contributed by atoms with Crippen LogP contribution in [0.15, 0.2) is 24.3 Å². The fourth-order valence-corrected chi connectivity index (χ4v) is 2.45. The van der Waals surface area contributed by atoms with Crippen LogP contribution in [0.2, 0.25) is 0 Å². The predicted octanol–water partition coefficient (Wildman–Crippen LogP) is 2.30. The molecule has 1 unspecified atom stereocenters. The summed E-state index contributed by atoms with van der Waals surface area (Å²) in [4.78, 5) is 44.9. The third kappa shape index (κ3) is 7.10. The van der Waals surface area contributed by atoms with Gasteiger partial charge in [0.1, 0.15) is 6.61 Å². The Morgan fingerprint density at radius 2 is 1.74 bits per heavy atom. The minimum Gasteiger partial charge on any atom is -0.481 e. The van der Waals surface area contributed by atoms with Gasteiger partial charge in [-0.2, -0.15) is 0 Å². The molecule has 1 rings (SSSR count). The lowest BCUT2D eigenvalue weighted by Crippen LogP contribution is -2.21. The molecule has 1 atom stereocenters. The first-order valence-electron chi connectivity index (χ1n) is 6.91. The van der Waals surface area contributed by atoms with Gasteiger partial charge in [-0.25, -0.2) is 0 Å². The third-order valence-electron chi connectivity index (χ3n) is 2.99. The number of Topliss-reactive ketones (excluding diaryl/α,β-unsaturated/α-hetero) is 1. The number of carbonyl (C=O) groups is 4. The molecule has 124 valence electrons. The smallest absolute Gasteiger partial charge is 0.307 e. The monoisotopic (exact) mass is 338 g/mol. The lowest BCUT2D eigenvalue weighted by molar-refractivity contribution is -0.142. The van der Waals surface area contributed by atoms with Crippen LogP contribution in [0.3, 0.4) is 0 Å². The number of carbonyl (C=O) groups excluding carboxylic acids is 3. The molecule has 0 saturated heterocycles. The van der Waals surface area contributed by atoms with Crippen molar-refractivity contribution >= 4 is 34.6 Å². The largest absolute Gasteiger partial charge is 0.481 e. The number of esters is 1. The van der Waals surface area contributed by atoms with Gasteiger partial charge in [0.05, 0.1) is 5.92 Å². The number of carboxylic acids is 1. The molecule has 0 saturated carbocycles. The molecule has 0 aliphatic rings. The Balaban J connectivity index is 2.66. The van der Waals surface area contributed by atoms with Gasteiger partial charge in [0.15, 0.2) is 10.9 Å². The Bertz CT molecular complexity index is 593. The summed E-state index contributed by atoms with van der Waals surface area (Å²) in [6.45, 7) is 2.78. The molecule has 7 heteroatoms. The number of ether oxygens (including phenoxy) is 1. The highest BCUT2D eigenvalue weighted by atomic mass is 32.2. The second kappa shape index (κ2) is 9.09. The highest BCUT2D eigenvalue weighted by Gasteiger charge is 2.22. The Kier molecular flexibility index (Phi) is 7.47. The topological polar surface area (TPSA) is 97.7 Å². The van der Waals surface area contributed by atoms with Crippen LogP contribution in [0.25, 0.3) is 0 Å². The maximum absolute atomic E-state index is 12.1. The minimum absolute atomic E-state index is 0.0704. The zero-order valence-corrected chi connectivity index (χ0v) is 13.7. The van der Waals surface area contributed by atoms with Gasteiger partial charge < -0.3 is 9.84 Å². The van der Waals surface area contributed by atoms with E-state index in [0.29, 0.717) is 5.56 Å². The maximum atomic E-state index is 12.1. The van der Waals surface area contributed by atoms with E-state index in [0.717, 1.165) is 17.3 Å². The minimum atomic E-state index is -1.10. The number of rotatable bonds is 8. The number of ketones is 1. The molecule has 6 nitrogen and oxygen atoms in total. The van der Waals surface area contributed by atoms with Crippen molar-refractivity contribution in [2.75, 3.05) is 5.75 Å². The summed E-state index contributed by atoms with van der Waals surface area (Å²) in [5, 5.41) is 8.94. The standard InChI is InChI=1S/C16H18O6S/c1-10(17)22-8-12-3-5-13(6-4-12)15(19)7-14(16(20)21)9-23-11(2)18/h3-6,14H,7-9H2,1-2H3,(H,20,21). The molecule has 0 heterocycles. The van der Waals surface area contributed by atoms with Crippen LogP contribution in [0.5, 0.6) is 0 Å². The van der Waals surface area contributed by atoms with Crippen LogP contribution in [-0.4, -0.2) is 33.7 Å². The summed E-state index contributed by atoms with van der Waals surface area (Å²) in [5.74, 6) is -2.63. The van der Waals surface area contributed by atoms with E-state index in [-0.39, 0.29) is 29.7 Å². The summed E-state index contributed by atoms with van der Waals surface area (Å²) in [6.07, 6.45) is -0.168. The molecule has 0 spiro atoms. The molecule has 0 aromatic heterocycles. The molecule has 1 aromatic rings. The first-order chi connectivity index (χ1) is 10.8. The average molecular weight is 338 g/mol. The van der Waals surface area contributed by atoms with Gasteiger partial charge in [-0.05, 0) is 5.56 Å². The lowest BCUT2D eigenvalue weighted by Gasteiger charge is -2.10. The molecule has 0 aliphatic heterocycles. The maximum Gasteiger partial charge on any atom is 0.307 e. The Hall–Kier alpha value is -2.15. The molecular weight excluding hydrogens is 320 g/mol. The number of hydrogen-bond donors (Lipinski definition) is 1. The predicted molar refractivity (Wildman–Crippen MR) is 85.1 cm³/mol. The second-order valence-corrected chi connectivity index (χ2v) is 6.14. The van der Waals surface area contributed by atoms with Crippen LogP contribution in [0.4, 0.5) is 0 Å². The fraction of sp³-hybridized carbons (Fsp3) is 0.375. The number of hydrogen-bond acceptors (Lipinski definition) is 6. The van der Waals surface area contributed by atoms with Gasteiger partial charge in [0, 0.05) is 31.6 Å². The number of thioether (sulfide) groups is 1. The van der Waals surface area contributed by atoms with Crippen molar-refractivity contribution < 1.29 is 29.0 Å². The van der Waals surface area contributed by atoms with Gasteiger partial charge in [0.2, 0.25) is 0 Å². The lowest BCUT2D eigenvalue weighted by atomic mass is 9.99.